The maximum absolute atomic E-state index is 13.0. The van der Waals surface area contributed by atoms with Crippen molar-refractivity contribution in [2.75, 3.05) is 0 Å². The number of hydrogen-bond acceptors (Lipinski definition) is 1. The van der Waals surface area contributed by atoms with Crippen molar-refractivity contribution in [1.29, 1.82) is 0 Å². The van der Waals surface area contributed by atoms with Gasteiger partial charge in [0.2, 0.25) is 0 Å². The van der Waals surface area contributed by atoms with Crippen molar-refractivity contribution in [3.05, 3.63) is 35.1 Å². The Morgan fingerprint density at radius 1 is 1.47 bits per heavy atom. The number of nitrogens with two attached hydrogens (primary N) is 1. The van der Waals surface area contributed by atoms with Crippen LogP contribution in [0.4, 0.5) is 4.39 Å². The molecule has 0 aromatic heterocycles. The Balaban J connectivity index is 2.68. The molecule has 0 aliphatic rings. The molecule has 1 aromatic carbocycles. The van der Waals surface area contributed by atoms with Crippen LogP contribution in [-0.4, -0.2) is 0 Å². The standard InChI is InChI=1S/C13H16FN/c1-3-4-5-6-13(15)11-7-8-12(14)10(2)9-11/h7-9,13H,5-6,15H2,1-2H3. The highest BCUT2D eigenvalue weighted by molar-refractivity contribution is 5.26. The number of rotatable bonds is 3. The molecule has 1 atom stereocenters. The van der Waals surface area contributed by atoms with Crippen LogP contribution in [0.25, 0.3) is 0 Å². The first-order valence-corrected chi connectivity index (χ1v) is 5.06. The second-order valence-corrected chi connectivity index (χ2v) is 3.58. The lowest BCUT2D eigenvalue weighted by Crippen LogP contribution is -2.10. The molecule has 1 rings (SSSR count). The second-order valence-electron chi connectivity index (χ2n) is 3.58. The van der Waals surface area contributed by atoms with E-state index in [-0.39, 0.29) is 11.9 Å². The highest BCUT2D eigenvalue weighted by Crippen LogP contribution is 2.18. The van der Waals surface area contributed by atoms with Gasteiger partial charge in [-0.3, -0.25) is 0 Å². The van der Waals surface area contributed by atoms with Crippen molar-refractivity contribution < 1.29 is 4.39 Å². The molecular formula is C13H16FN. The van der Waals surface area contributed by atoms with E-state index in [2.05, 4.69) is 11.8 Å². The zero-order valence-corrected chi connectivity index (χ0v) is 9.18. The van der Waals surface area contributed by atoms with Gasteiger partial charge >= 0.3 is 0 Å². The number of hydrogen-bond donors (Lipinski definition) is 1. The second kappa shape index (κ2) is 5.53. The minimum absolute atomic E-state index is 0.0508. The number of benzene rings is 1. The summed E-state index contributed by atoms with van der Waals surface area (Å²) >= 11 is 0. The lowest BCUT2D eigenvalue weighted by Gasteiger charge is -2.11. The molecule has 1 aromatic rings. The van der Waals surface area contributed by atoms with E-state index in [1.165, 1.54) is 6.07 Å². The molecule has 2 heteroatoms. The van der Waals surface area contributed by atoms with Crippen LogP contribution in [0.2, 0.25) is 0 Å². The zero-order valence-electron chi connectivity index (χ0n) is 9.18. The molecule has 0 amide bonds. The van der Waals surface area contributed by atoms with Crippen LogP contribution in [-0.2, 0) is 0 Å². The monoisotopic (exact) mass is 205 g/mol. The number of aryl methyl sites for hydroxylation is 1. The molecular weight excluding hydrogens is 189 g/mol. The highest BCUT2D eigenvalue weighted by atomic mass is 19.1. The topological polar surface area (TPSA) is 26.0 Å². The third-order valence-electron chi connectivity index (χ3n) is 2.37. The van der Waals surface area contributed by atoms with Crippen molar-refractivity contribution >= 4 is 0 Å². The van der Waals surface area contributed by atoms with Gasteiger partial charge in [-0.15, -0.1) is 11.8 Å². The normalized spacial score (nSPS) is 11.7. The molecule has 0 radical (unpaired) electrons. The fourth-order valence-corrected chi connectivity index (χ4v) is 1.42. The van der Waals surface area contributed by atoms with Gasteiger partial charge in [-0.2, -0.15) is 0 Å². The van der Waals surface area contributed by atoms with E-state index in [9.17, 15) is 4.39 Å². The molecule has 0 saturated carbocycles. The first-order chi connectivity index (χ1) is 7.15. The first-order valence-electron chi connectivity index (χ1n) is 5.06. The van der Waals surface area contributed by atoms with Crippen LogP contribution in [0.5, 0.6) is 0 Å². The van der Waals surface area contributed by atoms with Crippen LogP contribution < -0.4 is 5.73 Å². The van der Waals surface area contributed by atoms with E-state index in [0.29, 0.717) is 5.56 Å². The average molecular weight is 205 g/mol. The quantitative estimate of drug-likeness (QED) is 0.754. The SMILES string of the molecule is CC#CCCC(N)c1ccc(F)c(C)c1. The molecule has 0 aliphatic carbocycles. The molecule has 0 spiro atoms. The third-order valence-corrected chi connectivity index (χ3v) is 2.37. The van der Waals surface area contributed by atoms with E-state index < -0.39 is 0 Å². The van der Waals surface area contributed by atoms with Crippen LogP contribution in [0.1, 0.15) is 36.9 Å². The van der Waals surface area contributed by atoms with Gasteiger partial charge < -0.3 is 5.73 Å². The molecule has 80 valence electrons. The summed E-state index contributed by atoms with van der Waals surface area (Å²) in [6.07, 6.45) is 1.60. The molecule has 15 heavy (non-hydrogen) atoms. The van der Waals surface area contributed by atoms with Crippen LogP contribution in [0.3, 0.4) is 0 Å². The predicted molar refractivity (Wildman–Crippen MR) is 60.7 cm³/mol. The van der Waals surface area contributed by atoms with Gasteiger partial charge in [-0.1, -0.05) is 12.1 Å². The van der Waals surface area contributed by atoms with E-state index in [1.807, 2.05) is 6.92 Å². The zero-order chi connectivity index (χ0) is 11.3. The summed E-state index contributed by atoms with van der Waals surface area (Å²) < 4.78 is 13.0. The summed E-state index contributed by atoms with van der Waals surface area (Å²) in [5, 5.41) is 0. The molecule has 0 aliphatic heterocycles. The molecule has 0 heterocycles. The minimum atomic E-state index is -0.181. The van der Waals surface area contributed by atoms with Crippen molar-refractivity contribution in [1.82, 2.24) is 0 Å². The lowest BCUT2D eigenvalue weighted by molar-refractivity contribution is 0.612. The summed E-state index contributed by atoms with van der Waals surface area (Å²) in [6.45, 7) is 3.56. The van der Waals surface area contributed by atoms with E-state index >= 15 is 0 Å². The Bertz CT molecular complexity index is 387. The fraction of sp³-hybridized carbons (Fsp3) is 0.385. The van der Waals surface area contributed by atoms with Crippen molar-refractivity contribution in [3.63, 3.8) is 0 Å². The van der Waals surface area contributed by atoms with Crippen LogP contribution in [0, 0.1) is 24.6 Å². The van der Waals surface area contributed by atoms with Gasteiger partial charge in [-0.25, -0.2) is 4.39 Å². The predicted octanol–water partition coefficient (Wildman–Crippen LogP) is 2.94. The van der Waals surface area contributed by atoms with Crippen molar-refractivity contribution in [2.45, 2.75) is 32.7 Å². The maximum Gasteiger partial charge on any atom is 0.126 e. The Labute approximate surface area is 90.5 Å². The Morgan fingerprint density at radius 2 is 2.20 bits per heavy atom. The number of halogens is 1. The highest BCUT2D eigenvalue weighted by Gasteiger charge is 2.06. The van der Waals surface area contributed by atoms with Gasteiger partial charge in [0.25, 0.3) is 0 Å². The van der Waals surface area contributed by atoms with E-state index in [1.54, 1.807) is 19.1 Å². The summed E-state index contributed by atoms with van der Waals surface area (Å²) in [7, 11) is 0. The Hall–Kier alpha value is -1.33. The molecule has 0 bridgehead atoms. The molecule has 0 fully saturated rings. The van der Waals surface area contributed by atoms with Gasteiger partial charge in [0, 0.05) is 12.5 Å². The smallest absolute Gasteiger partial charge is 0.126 e. The molecule has 0 saturated heterocycles. The first kappa shape index (κ1) is 11.7. The van der Waals surface area contributed by atoms with Gasteiger partial charge in [0.05, 0.1) is 0 Å². The summed E-state index contributed by atoms with van der Waals surface area (Å²) in [4.78, 5) is 0. The summed E-state index contributed by atoms with van der Waals surface area (Å²) in [5.74, 6) is 5.62. The molecule has 1 nitrogen and oxygen atoms in total. The summed E-state index contributed by atoms with van der Waals surface area (Å²) in [5.41, 5.74) is 7.59. The fourth-order valence-electron chi connectivity index (χ4n) is 1.42. The third kappa shape index (κ3) is 3.38. The average Bonchev–Trinajstić information content (AvgIpc) is 2.22. The van der Waals surface area contributed by atoms with Gasteiger partial charge in [-0.05, 0) is 37.5 Å². The van der Waals surface area contributed by atoms with Gasteiger partial charge in [0.1, 0.15) is 5.82 Å². The van der Waals surface area contributed by atoms with Gasteiger partial charge in [0.15, 0.2) is 0 Å². The van der Waals surface area contributed by atoms with E-state index in [4.69, 9.17) is 5.73 Å². The lowest BCUT2D eigenvalue weighted by atomic mass is 10.0. The maximum atomic E-state index is 13.0. The molecule has 1 unspecified atom stereocenters. The Morgan fingerprint density at radius 3 is 2.80 bits per heavy atom. The largest absolute Gasteiger partial charge is 0.324 e. The van der Waals surface area contributed by atoms with Crippen molar-refractivity contribution in [3.8, 4) is 11.8 Å². The summed E-state index contributed by atoms with van der Waals surface area (Å²) in [6, 6.07) is 4.96. The van der Waals surface area contributed by atoms with Crippen LogP contribution in [0.15, 0.2) is 18.2 Å². The van der Waals surface area contributed by atoms with Crippen molar-refractivity contribution in [2.24, 2.45) is 5.73 Å². The van der Waals surface area contributed by atoms with E-state index in [0.717, 1.165) is 18.4 Å². The Kier molecular flexibility index (Phi) is 4.33. The van der Waals surface area contributed by atoms with Crippen LogP contribution >= 0.6 is 0 Å². The molecule has 2 N–H and O–H groups in total. The minimum Gasteiger partial charge on any atom is -0.324 e.